The molecule has 2 aromatic rings. The van der Waals surface area contributed by atoms with Crippen molar-refractivity contribution in [1.29, 1.82) is 0 Å². The summed E-state index contributed by atoms with van der Waals surface area (Å²) in [5.74, 6) is 0.134. The summed E-state index contributed by atoms with van der Waals surface area (Å²) in [6.07, 6.45) is 5.56. The van der Waals surface area contributed by atoms with E-state index >= 15 is 0 Å². The maximum Gasteiger partial charge on any atom is 0.407 e. The van der Waals surface area contributed by atoms with E-state index in [0.717, 1.165) is 12.8 Å². The van der Waals surface area contributed by atoms with E-state index in [2.05, 4.69) is 53.8 Å². The normalized spacial score (nSPS) is 17.2. The average molecular weight is 321 g/mol. The van der Waals surface area contributed by atoms with Gasteiger partial charge in [0.25, 0.3) is 0 Å². The third-order valence-electron chi connectivity index (χ3n) is 5.27. The predicted molar refractivity (Wildman–Crippen MR) is 95.1 cm³/mol. The summed E-state index contributed by atoms with van der Waals surface area (Å²) < 4.78 is 5.59. The summed E-state index contributed by atoms with van der Waals surface area (Å²) in [4.78, 5) is 12.2. The van der Waals surface area contributed by atoms with Gasteiger partial charge in [0, 0.05) is 12.0 Å². The van der Waals surface area contributed by atoms with Gasteiger partial charge in [-0.25, -0.2) is 4.79 Å². The van der Waals surface area contributed by atoms with Crippen LogP contribution in [0.1, 0.15) is 49.1 Å². The first-order chi connectivity index (χ1) is 11.8. The Kier molecular flexibility index (Phi) is 4.24. The zero-order valence-electron chi connectivity index (χ0n) is 13.8. The van der Waals surface area contributed by atoms with Crippen LogP contribution >= 0.6 is 0 Å². The molecule has 24 heavy (non-hydrogen) atoms. The van der Waals surface area contributed by atoms with Crippen LogP contribution in [0.15, 0.2) is 48.5 Å². The van der Waals surface area contributed by atoms with Crippen molar-refractivity contribution in [1.82, 2.24) is 5.32 Å². The largest absolute Gasteiger partial charge is 0.449 e. The van der Waals surface area contributed by atoms with Gasteiger partial charge in [0.15, 0.2) is 0 Å². The number of amides is 1. The molecule has 1 fully saturated rings. The molecule has 2 aliphatic carbocycles. The van der Waals surface area contributed by atoms with Crippen molar-refractivity contribution in [2.75, 3.05) is 6.61 Å². The monoisotopic (exact) mass is 321 g/mol. The lowest BCUT2D eigenvalue weighted by Crippen LogP contribution is -2.37. The third kappa shape index (κ3) is 2.91. The second-order valence-corrected chi connectivity index (χ2v) is 6.80. The number of benzene rings is 2. The molecular formula is C21H23NO2. The van der Waals surface area contributed by atoms with E-state index in [0.29, 0.717) is 6.61 Å². The second-order valence-electron chi connectivity index (χ2n) is 6.80. The Balaban J connectivity index is 1.45. The van der Waals surface area contributed by atoms with Crippen LogP contribution in [0.3, 0.4) is 0 Å². The number of hydrogen-bond donors (Lipinski definition) is 1. The van der Waals surface area contributed by atoms with Gasteiger partial charge in [-0.2, -0.15) is 0 Å². The van der Waals surface area contributed by atoms with Crippen LogP contribution in [0, 0.1) is 0 Å². The first kappa shape index (κ1) is 15.3. The van der Waals surface area contributed by atoms with Gasteiger partial charge in [0.2, 0.25) is 0 Å². The molecule has 2 aromatic carbocycles. The van der Waals surface area contributed by atoms with Crippen LogP contribution in [0.4, 0.5) is 4.79 Å². The highest BCUT2D eigenvalue weighted by atomic mass is 16.5. The summed E-state index contributed by atoms with van der Waals surface area (Å²) in [5.41, 5.74) is 5.03. The van der Waals surface area contributed by atoms with Crippen LogP contribution in [0.25, 0.3) is 11.1 Å². The molecule has 0 unspecified atom stereocenters. The second kappa shape index (κ2) is 6.68. The van der Waals surface area contributed by atoms with E-state index in [-0.39, 0.29) is 18.1 Å². The van der Waals surface area contributed by atoms with Crippen molar-refractivity contribution in [3.63, 3.8) is 0 Å². The van der Waals surface area contributed by atoms with Gasteiger partial charge in [-0.15, -0.1) is 0 Å². The molecule has 1 N–H and O–H groups in total. The lowest BCUT2D eigenvalue weighted by Gasteiger charge is -2.23. The van der Waals surface area contributed by atoms with E-state index in [1.54, 1.807) is 0 Å². The van der Waals surface area contributed by atoms with E-state index in [9.17, 15) is 4.79 Å². The zero-order valence-corrected chi connectivity index (χ0v) is 13.8. The number of alkyl carbamates (subject to hydrolysis) is 1. The number of nitrogens with one attached hydrogen (secondary N) is 1. The summed E-state index contributed by atoms with van der Waals surface area (Å²) in [5, 5.41) is 3.03. The van der Waals surface area contributed by atoms with Gasteiger partial charge < -0.3 is 10.1 Å². The molecule has 3 nitrogen and oxygen atoms in total. The number of carbonyl (C=O) groups excluding carboxylic acids is 1. The van der Waals surface area contributed by atoms with E-state index in [4.69, 9.17) is 4.74 Å². The highest BCUT2D eigenvalue weighted by molar-refractivity contribution is 5.79. The maximum absolute atomic E-state index is 12.2. The fourth-order valence-corrected chi connectivity index (χ4v) is 4.05. The minimum atomic E-state index is -0.274. The summed E-state index contributed by atoms with van der Waals surface area (Å²) in [7, 11) is 0. The standard InChI is InChI=1S/C21H23NO2/c23-21(22-15-8-2-1-3-9-15)24-14-20-18-12-6-4-10-16(18)17-11-5-7-13-19(17)20/h4-7,10-13,15,20H,1-3,8-9,14H2,(H,22,23). The fraction of sp³-hybridized carbons (Fsp3) is 0.381. The van der Waals surface area contributed by atoms with Gasteiger partial charge in [-0.05, 0) is 35.1 Å². The highest BCUT2D eigenvalue weighted by Gasteiger charge is 2.29. The Morgan fingerprint density at radius 2 is 1.50 bits per heavy atom. The Bertz CT molecular complexity index is 689. The lowest BCUT2D eigenvalue weighted by atomic mass is 9.96. The molecule has 0 saturated heterocycles. The lowest BCUT2D eigenvalue weighted by molar-refractivity contribution is 0.136. The van der Waals surface area contributed by atoms with Crippen molar-refractivity contribution in [3.05, 3.63) is 59.7 Å². The van der Waals surface area contributed by atoms with Gasteiger partial charge >= 0.3 is 6.09 Å². The molecule has 0 aliphatic heterocycles. The molecular weight excluding hydrogens is 298 g/mol. The highest BCUT2D eigenvalue weighted by Crippen LogP contribution is 2.44. The van der Waals surface area contributed by atoms with Crippen LogP contribution < -0.4 is 5.32 Å². The van der Waals surface area contributed by atoms with E-state index in [1.807, 2.05) is 0 Å². The Morgan fingerprint density at radius 1 is 0.917 bits per heavy atom. The zero-order chi connectivity index (χ0) is 16.4. The first-order valence-electron chi connectivity index (χ1n) is 8.94. The van der Waals surface area contributed by atoms with Crippen molar-refractivity contribution in [2.45, 2.75) is 44.1 Å². The first-order valence-corrected chi connectivity index (χ1v) is 8.94. The number of carbonyl (C=O) groups is 1. The molecule has 0 radical (unpaired) electrons. The van der Waals surface area contributed by atoms with Crippen molar-refractivity contribution >= 4 is 6.09 Å². The summed E-state index contributed by atoms with van der Waals surface area (Å²) in [6.45, 7) is 0.395. The number of ether oxygens (including phenoxy) is 1. The number of hydrogen-bond acceptors (Lipinski definition) is 2. The van der Waals surface area contributed by atoms with Gasteiger partial charge in [-0.3, -0.25) is 0 Å². The molecule has 0 atom stereocenters. The maximum atomic E-state index is 12.2. The SMILES string of the molecule is O=C(NC1CCCCC1)OCC1c2ccccc2-c2ccccc21. The Labute approximate surface area is 143 Å². The van der Waals surface area contributed by atoms with Crippen molar-refractivity contribution in [2.24, 2.45) is 0 Å². The predicted octanol–water partition coefficient (Wildman–Crippen LogP) is 4.86. The average Bonchev–Trinajstić information content (AvgIpc) is 2.95. The van der Waals surface area contributed by atoms with Gasteiger partial charge in [0.05, 0.1) is 0 Å². The van der Waals surface area contributed by atoms with Crippen LogP contribution in [-0.2, 0) is 4.74 Å². The molecule has 0 heterocycles. The molecule has 2 aliphatic rings. The molecule has 0 spiro atoms. The van der Waals surface area contributed by atoms with Gasteiger partial charge in [-0.1, -0.05) is 67.8 Å². The molecule has 0 aromatic heterocycles. The molecule has 1 amide bonds. The van der Waals surface area contributed by atoms with Crippen LogP contribution in [-0.4, -0.2) is 18.7 Å². The Hall–Kier alpha value is -2.29. The number of fused-ring (bicyclic) bond motifs is 3. The summed E-state index contributed by atoms with van der Waals surface area (Å²) in [6, 6.07) is 17.1. The number of rotatable bonds is 3. The van der Waals surface area contributed by atoms with E-state index in [1.165, 1.54) is 41.5 Å². The Morgan fingerprint density at radius 3 is 2.12 bits per heavy atom. The van der Waals surface area contributed by atoms with E-state index < -0.39 is 0 Å². The third-order valence-corrected chi connectivity index (χ3v) is 5.27. The van der Waals surface area contributed by atoms with Crippen molar-refractivity contribution in [3.8, 4) is 11.1 Å². The molecule has 3 heteroatoms. The van der Waals surface area contributed by atoms with Crippen LogP contribution in [0.2, 0.25) is 0 Å². The molecule has 4 rings (SSSR count). The summed E-state index contributed by atoms with van der Waals surface area (Å²) >= 11 is 0. The smallest absolute Gasteiger partial charge is 0.407 e. The van der Waals surface area contributed by atoms with Crippen molar-refractivity contribution < 1.29 is 9.53 Å². The minimum absolute atomic E-state index is 0.134. The molecule has 1 saturated carbocycles. The molecule has 124 valence electrons. The fourth-order valence-electron chi connectivity index (χ4n) is 4.05. The minimum Gasteiger partial charge on any atom is -0.449 e. The van der Waals surface area contributed by atoms with Gasteiger partial charge in [0.1, 0.15) is 6.61 Å². The van der Waals surface area contributed by atoms with Crippen LogP contribution in [0.5, 0.6) is 0 Å². The topological polar surface area (TPSA) is 38.3 Å². The quantitative estimate of drug-likeness (QED) is 0.877. The molecule has 0 bridgehead atoms.